The van der Waals surface area contributed by atoms with Crippen LogP contribution < -0.4 is 11.1 Å². The van der Waals surface area contributed by atoms with E-state index in [-0.39, 0.29) is 5.91 Å². The molecule has 0 aliphatic carbocycles. The number of hydrogen-bond acceptors (Lipinski definition) is 3. The smallest absolute Gasteiger partial charge is 0.224 e. The number of ether oxygens (including phenoxy) is 1. The van der Waals surface area contributed by atoms with Crippen LogP contribution in [0.3, 0.4) is 0 Å². The number of anilines is 2. The molecule has 0 heterocycles. The summed E-state index contributed by atoms with van der Waals surface area (Å²) in [4.78, 5) is 11.8. The molecule has 1 aromatic carbocycles. The van der Waals surface area contributed by atoms with Gasteiger partial charge in [-0.15, -0.1) is 0 Å². The summed E-state index contributed by atoms with van der Waals surface area (Å²) >= 11 is 11.8. The molecule has 1 rings (SSSR count). The first kappa shape index (κ1) is 17.1. The van der Waals surface area contributed by atoms with Crippen LogP contribution in [0.2, 0.25) is 10.0 Å². The van der Waals surface area contributed by atoms with Crippen LogP contribution in [0.15, 0.2) is 12.1 Å². The molecule has 0 radical (unpaired) electrons. The molecule has 0 aliphatic heterocycles. The predicted molar refractivity (Wildman–Crippen MR) is 84.4 cm³/mol. The second-order valence-electron chi connectivity index (χ2n) is 4.97. The van der Waals surface area contributed by atoms with Crippen molar-refractivity contribution in [2.24, 2.45) is 5.92 Å². The first-order chi connectivity index (χ1) is 9.40. The molecular formula is C14H20Cl2N2O2. The maximum absolute atomic E-state index is 11.8. The van der Waals surface area contributed by atoms with Gasteiger partial charge in [-0.1, -0.05) is 37.0 Å². The minimum Gasteiger partial charge on any atom is -0.397 e. The van der Waals surface area contributed by atoms with Crippen molar-refractivity contribution < 1.29 is 9.53 Å². The molecule has 1 aromatic rings. The number of carbonyl (C=O) groups is 1. The summed E-state index contributed by atoms with van der Waals surface area (Å²) < 4.78 is 5.41. The Morgan fingerprint density at radius 2 is 2.10 bits per heavy atom. The highest BCUT2D eigenvalue weighted by atomic mass is 35.5. The summed E-state index contributed by atoms with van der Waals surface area (Å²) in [5.74, 6) is 0.352. The van der Waals surface area contributed by atoms with E-state index >= 15 is 0 Å². The Bertz CT molecular complexity index is 441. The number of nitrogen functional groups attached to an aromatic ring is 1. The monoisotopic (exact) mass is 318 g/mol. The number of amides is 1. The van der Waals surface area contributed by atoms with Crippen molar-refractivity contribution in [2.45, 2.75) is 26.7 Å². The molecule has 3 N–H and O–H groups in total. The van der Waals surface area contributed by atoms with Crippen molar-refractivity contribution in [1.82, 2.24) is 0 Å². The van der Waals surface area contributed by atoms with Crippen LogP contribution in [-0.2, 0) is 9.53 Å². The SMILES string of the molecule is CC(C)COCCCC(=O)Nc1c(N)cc(Cl)cc1Cl. The van der Waals surface area contributed by atoms with Crippen molar-refractivity contribution in [1.29, 1.82) is 0 Å². The minimum atomic E-state index is -0.144. The maximum Gasteiger partial charge on any atom is 0.224 e. The lowest BCUT2D eigenvalue weighted by atomic mass is 10.2. The summed E-state index contributed by atoms with van der Waals surface area (Å²) in [7, 11) is 0. The van der Waals surface area contributed by atoms with Gasteiger partial charge in [0.05, 0.1) is 16.4 Å². The topological polar surface area (TPSA) is 64.3 Å². The first-order valence-electron chi connectivity index (χ1n) is 6.52. The number of nitrogens with one attached hydrogen (secondary N) is 1. The molecular weight excluding hydrogens is 299 g/mol. The van der Waals surface area contributed by atoms with Gasteiger partial charge in [-0.2, -0.15) is 0 Å². The Morgan fingerprint density at radius 3 is 2.70 bits per heavy atom. The predicted octanol–water partition coefficient (Wildman–Crippen LogP) is 3.97. The van der Waals surface area contributed by atoms with E-state index in [4.69, 9.17) is 33.7 Å². The number of benzene rings is 1. The quantitative estimate of drug-likeness (QED) is 0.590. The highest BCUT2D eigenvalue weighted by Gasteiger charge is 2.10. The maximum atomic E-state index is 11.8. The molecule has 0 saturated heterocycles. The van der Waals surface area contributed by atoms with Gasteiger partial charge in [0, 0.05) is 24.7 Å². The molecule has 20 heavy (non-hydrogen) atoms. The normalized spacial score (nSPS) is 10.8. The van der Waals surface area contributed by atoms with Crippen molar-refractivity contribution in [3.8, 4) is 0 Å². The third-order valence-electron chi connectivity index (χ3n) is 2.49. The van der Waals surface area contributed by atoms with E-state index in [1.54, 1.807) is 12.1 Å². The molecule has 0 unspecified atom stereocenters. The van der Waals surface area contributed by atoms with Crippen LogP contribution >= 0.6 is 23.2 Å². The minimum absolute atomic E-state index is 0.144. The summed E-state index contributed by atoms with van der Waals surface area (Å²) in [6.45, 7) is 5.43. The Morgan fingerprint density at radius 1 is 1.40 bits per heavy atom. The molecule has 0 aromatic heterocycles. The molecule has 6 heteroatoms. The third-order valence-corrected chi connectivity index (χ3v) is 3.01. The van der Waals surface area contributed by atoms with Crippen LogP contribution in [-0.4, -0.2) is 19.1 Å². The first-order valence-corrected chi connectivity index (χ1v) is 7.28. The Labute approximate surface area is 129 Å². The lowest BCUT2D eigenvalue weighted by Crippen LogP contribution is -2.14. The van der Waals surface area contributed by atoms with Gasteiger partial charge in [0.2, 0.25) is 5.91 Å². The summed E-state index contributed by atoms with van der Waals surface area (Å²) in [5, 5.41) is 3.47. The van der Waals surface area contributed by atoms with Gasteiger partial charge < -0.3 is 15.8 Å². The van der Waals surface area contributed by atoms with E-state index in [1.165, 1.54) is 0 Å². The fourth-order valence-electron chi connectivity index (χ4n) is 1.58. The van der Waals surface area contributed by atoms with Gasteiger partial charge >= 0.3 is 0 Å². The van der Waals surface area contributed by atoms with Crippen LogP contribution in [0.1, 0.15) is 26.7 Å². The molecule has 112 valence electrons. The standard InChI is InChI=1S/C14H20Cl2N2O2/c1-9(2)8-20-5-3-4-13(19)18-14-11(16)6-10(15)7-12(14)17/h6-7,9H,3-5,8,17H2,1-2H3,(H,18,19). The zero-order chi connectivity index (χ0) is 15.1. The van der Waals surface area contributed by atoms with Crippen LogP contribution in [0.25, 0.3) is 0 Å². The van der Waals surface area contributed by atoms with E-state index in [1.807, 2.05) is 0 Å². The molecule has 0 fully saturated rings. The number of rotatable bonds is 7. The van der Waals surface area contributed by atoms with Gasteiger partial charge in [-0.3, -0.25) is 4.79 Å². The van der Waals surface area contributed by atoms with Crippen LogP contribution in [0.5, 0.6) is 0 Å². The van der Waals surface area contributed by atoms with Crippen molar-refractivity contribution in [2.75, 3.05) is 24.3 Å². The average Bonchev–Trinajstić information content (AvgIpc) is 2.33. The average molecular weight is 319 g/mol. The van der Waals surface area contributed by atoms with Crippen LogP contribution in [0, 0.1) is 5.92 Å². The third kappa shape index (κ3) is 5.99. The molecule has 0 aliphatic rings. The number of halogens is 2. The fraction of sp³-hybridized carbons (Fsp3) is 0.500. The number of hydrogen-bond donors (Lipinski definition) is 2. The van der Waals surface area contributed by atoms with Crippen molar-refractivity contribution >= 4 is 40.5 Å². The highest BCUT2D eigenvalue weighted by molar-refractivity contribution is 6.37. The highest BCUT2D eigenvalue weighted by Crippen LogP contribution is 2.32. The Balaban J connectivity index is 2.39. The number of nitrogens with two attached hydrogens (primary N) is 1. The lowest BCUT2D eigenvalue weighted by molar-refractivity contribution is -0.116. The van der Waals surface area contributed by atoms with Crippen molar-refractivity contribution in [3.63, 3.8) is 0 Å². The second-order valence-corrected chi connectivity index (χ2v) is 5.82. The van der Waals surface area contributed by atoms with E-state index < -0.39 is 0 Å². The van der Waals surface area contributed by atoms with Gasteiger partial charge in [0.15, 0.2) is 0 Å². The Kier molecular flexibility index (Phi) is 7.13. The second kappa shape index (κ2) is 8.35. The summed E-state index contributed by atoms with van der Waals surface area (Å²) in [6, 6.07) is 3.09. The zero-order valence-electron chi connectivity index (χ0n) is 11.7. The van der Waals surface area contributed by atoms with Crippen LogP contribution in [0.4, 0.5) is 11.4 Å². The molecule has 0 atom stereocenters. The van der Waals surface area contributed by atoms with Gasteiger partial charge in [-0.25, -0.2) is 0 Å². The Hall–Kier alpha value is -0.970. The number of carbonyl (C=O) groups excluding carboxylic acids is 1. The molecule has 0 spiro atoms. The van der Waals surface area contributed by atoms with Gasteiger partial charge in [-0.05, 0) is 24.5 Å². The molecule has 0 bridgehead atoms. The fourth-order valence-corrected chi connectivity index (χ4v) is 2.14. The zero-order valence-corrected chi connectivity index (χ0v) is 13.2. The molecule has 4 nitrogen and oxygen atoms in total. The summed E-state index contributed by atoms with van der Waals surface area (Å²) in [5.41, 5.74) is 6.53. The molecule has 1 amide bonds. The van der Waals surface area contributed by atoms with E-state index in [9.17, 15) is 4.79 Å². The van der Waals surface area contributed by atoms with E-state index in [2.05, 4.69) is 19.2 Å². The summed E-state index contributed by atoms with van der Waals surface area (Å²) in [6.07, 6.45) is 1.01. The van der Waals surface area contributed by atoms with E-state index in [0.29, 0.717) is 53.4 Å². The van der Waals surface area contributed by atoms with E-state index in [0.717, 1.165) is 0 Å². The van der Waals surface area contributed by atoms with Crippen molar-refractivity contribution in [3.05, 3.63) is 22.2 Å². The van der Waals surface area contributed by atoms with Gasteiger partial charge in [0.25, 0.3) is 0 Å². The lowest BCUT2D eigenvalue weighted by Gasteiger charge is -2.11. The molecule has 0 saturated carbocycles. The van der Waals surface area contributed by atoms with Gasteiger partial charge in [0.1, 0.15) is 0 Å². The largest absolute Gasteiger partial charge is 0.397 e.